The molecule has 6 atom stereocenters. The van der Waals surface area contributed by atoms with Crippen LogP contribution in [0.1, 0.15) is 51.4 Å². The van der Waals surface area contributed by atoms with Gasteiger partial charge in [0.1, 0.15) is 0 Å². The predicted octanol–water partition coefficient (Wildman–Crippen LogP) is 3.22. The molecule has 4 fully saturated rings. The SMILES string of the molecule is OC(CC1CC2CCC1C2)C1C2CCCC21. The molecule has 0 aromatic heterocycles. The minimum atomic E-state index is 0.0691. The highest BCUT2D eigenvalue weighted by Crippen LogP contribution is 2.60. The van der Waals surface area contributed by atoms with E-state index in [1.165, 1.54) is 44.9 Å². The zero-order chi connectivity index (χ0) is 10.7. The van der Waals surface area contributed by atoms with Crippen LogP contribution in [0.5, 0.6) is 0 Å². The van der Waals surface area contributed by atoms with Crippen LogP contribution in [-0.4, -0.2) is 11.2 Å². The van der Waals surface area contributed by atoms with Crippen LogP contribution in [-0.2, 0) is 0 Å². The Morgan fingerprint density at radius 2 is 1.81 bits per heavy atom. The van der Waals surface area contributed by atoms with E-state index >= 15 is 0 Å². The highest BCUT2D eigenvalue weighted by Gasteiger charge is 2.56. The highest BCUT2D eigenvalue weighted by molar-refractivity contribution is 5.05. The molecule has 0 radical (unpaired) electrons. The molecule has 0 heterocycles. The Labute approximate surface area is 98.6 Å². The molecule has 1 heteroatoms. The molecule has 16 heavy (non-hydrogen) atoms. The summed E-state index contributed by atoms with van der Waals surface area (Å²) in [5.41, 5.74) is 0. The van der Waals surface area contributed by atoms with Gasteiger partial charge in [0.05, 0.1) is 6.10 Å². The Morgan fingerprint density at radius 3 is 2.44 bits per heavy atom. The number of aliphatic hydroxyl groups excluding tert-OH is 1. The van der Waals surface area contributed by atoms with Crippen molar-refractivity contribution in [1.29, 1.82) is 0 Å². The summed E-state index contributed by atoms with van der Waals surface area (Å²) in [6.07, 6.45) is 11.4. The standard InChI is InChI=1S/C15H24O/c16-14(15-12-2-1-3-13(12)15)8-11-7-9-4-5-10(11)6-9/h9-16H,1-8H2. The van der Waals surface area contributed by atoms with Crippen LogP contribution < -0.4 is 0 Å². The summed E-state index contributed by atoms with van der Waals surface area (Å²) in [5, 5.41) is 10.4. The summed E-state index contributed by atoms with van der Waals surface area (Å²) < 4.78 is 0. The molecular weight excluding hydrogens is 196 g/mol. The molecule has 0 aliphatic heterocycles. The van der Waals surface area contributed by atoms with Gasteiger partial charge in [-0.05, 0) is 74.0 Å². The van der Waals surface area contributed by atoms with Gasteiger partial charge >= 0.3 is 0 Å². The molecule has 2 bridgehead atoms. The van der Waals surface area contributed by atoms with Gasteiger partial charge in [0.25, 0.3) is 0 Å². The van der Waals surface area contributed by atoms with E-state index < -0.39 is 0 Å². The summed E-state index contributed by atoms with van der Waals surface area (Å²) in [6.45, 7) is 0. The van der Waals surface area contributed by atoms with Crippen LogP contribution in [0.2, 0.25) is 0 Å². The Bertz CT molecular complexity index is 277. The molecule has 90 valence electrons. The quantitative estimate of drug-likeness (QED) is 0.774. The molecule has 0 spiro atoms. The molecular formula is C15H24O. The van der Waals surface area contributed by atoms with E-state index in [-0.39, 0.29) is 6.10 Å². The maximum atomic E-state index is 10.4. The largest absolute Gasteiger partial charge is 0.393 e. The van der Waals surface area contributed by atoms with Crippen molar-refractivity contribution in [2.75, 3.05) is 0 Å². The molecule has 0 amide bonds. The van der Waals surface area contributed by atoms with Crippen LogP contribution in [0.15, 0.2) is 0 Å². The molecule has 0 aromatic rings. The third kappa shape index (κ3) is 1.40. The summed E-state index contributed by atoms with van der Waals surface area (Å²) in [4.78, 5) is 0. The third-order valence-corrected chi connectivity index (χ3v) is 6.35. The fraction of sp³-hybridized carbons (Fsp3) is 1.00. The van der Waals surface area contributed by atoms with Crippen LogP contribution >= 0.6 is 0 Å². The lowest BCUT2D eigenvalue weighted by atomic mass is 9.83. The number of rotatable bonds is 3. The molecule has 1 nitrogen and oxygen atoms in total. The first-order valence-corrected chi connectivity index (χ1v) is 7.51. The first-order valence-electron chi connectivity index (χ1n) is 7.51. The topological polar surface area (TPSA) is 20.2 Å². The average Bonchev–Trinajstić information content (AvgIpc) is 2.73. The van der Waals surface area contributed by atoms with Gasteiger partial charge in [0.15, 0.2) is 0 Å². The first kappa shape index (κ1) is 9.94. The highest BCUT2D eigenvalue weighted by atomic mass is 16.3. The van der Waals surface area contributed by atoms with Crippen molar-refractivity contribution in [1.82, 2.24) is 0 Å². The van der Waals surface area contributed by atoms with Crippen molar-refractivity contribution < 1.29 is 5.11 Å². The molecule has 4 aliphatic rings. The van der Waals surface area contributed by atoms with Crippen molar-refractivity contribution in [3.63, 3.8) is 0 Å². The zero-order valence-electron chi connectivity index (χ0n) is 10.1. The average molecular weight is 220 g/mol. The smallest absolute Gasteiger partial charge is 0.0576 e. The van der Waals surface area contributed by atoms with Gasteiger partial charge in [0, 0.05) is 0 Å². The van der Waals surface area contributed by atoms with Crippen molar-refractivity contribution in [3.8, 4) is 0 Å². The number of hydrogen-bond acceptors (Lipinski definition) is 1. The van der Waals surface area contributed by atoms with E-state index in [1.807, 2.05) is 0 Å². The second kappa shape index (κ2) is 3.48. The van der Waals surface area contributed by atoms with Crippen molar-refractivity contribution in [3.05, 3.63) is 0 Å². The van der Waals surface area contributed by atoms with Crippen LogP contribution in [0.3, 0.4) is 0 Å². The molecule has 4 saturated carbocycles. The van der Waals surface area contributed by atoms with E-state index in [0.717, 1.165) is 41.9 Å². The van der Waals surface area contributed by atoms with E-state index in [0.29, 0.717) is 0 Å². The zero-order valence-corrected chi connectivity index (χ0v) is 10.1. The second-order valence-electron chi connectivity index (χ2n) is 7.07. The summed E-state index contributed by atoms with van der Waals surface area (Å²) in [6, 6.07) is 0. The van der Waals surface area contributed by atoms with Crippen LogP contribution in [0, 0.1) is 35.5 Å². The van der Waals surface area contributed by atoms with Gasteiger partial charge in [-0.1, -0.05) is 12.8 Å². The molecule has 1 N–H and O–H groups in total. The Morgan fingerprint density at radius 1 is 1.00 bits per heavy atom. The normalized spacial score (nSPS) is 55.3. The van der Waals surface area contributed by atoms with Gasteiger partial charge in [-0.3, -0.25) is 0 Å². The van der Waals surface area contributed by atoms with Crippen LogP contribution in [0.4, 0.5) is 0 Å². The second-order valence-corrected chi connectivity index (χ2v) is 7.07. The Kier molecular flexibility index (Phi) is 2.16. The summed E-state index contributed by atoms with van der Waals surface area (Å²) in [5.74, 6) is 5.55. The lowest BCUT2D eigenvalue weighted by Crippen LogP contribution is -2.21. The summed E-state index contributed by atoms with van der Waals surface area (Å²) in [7, 11) is 0. The fourth-order valence-corrected chi connectivity index (χ4v) is 5.58. The van der Waals surface area contributed by atoms with E-state index in [2.05, 4.69) is 0 Å². The lowest BCUT2D eigenvalue weighted by molar-refractivity contribution is 0.0930. The molecule has 4 rings (SSSR count). The first-order chi connectivity index (χ1) is 7.83. The number of hydrogen-bond donors (Lipinski definition) is 1. The monoisotopic (exact) mass is 220 g/mol. The van der Waals surface area contributed by atoms with E-state index in [1.54, 1.807) is 0 Å². The molecule has 0 saturated heterocycles. The molecule has 0 aromatic carbocycles. The van der Waals surface area contributed by atoms with Crippen molar-refractivity contribution in [2.24, 2.45) is 35.5 Å². The van der Waals surface area contributed by atoms with Crippen molar-refractivity contribution in [2.45, 2.75) is 57.5 Å². The number of fused-ring (bicyclic) bond motifs is 3. The maximum absolute atomic E-state index is 10.4. The van der Waals surface area contributed by atoms with Crippen molar-refractivity contribution >= 4 is 0 Å². The van der Waals surface area contributed by atoms with Gasteiger partial charge in [0.2, 0.25) is 0 Å². The number of aliphatic hydroxyl groups is 1. The molecule has 4 aliphatic carbocycles. The van der Waals surface area contributed by atoms with E-state index in [9.17, 15) is 5.11 Å². The molecule has 6 unspecified atom stereocenters. The van der Waals surface area contributed by atoms with Crippen LogP contribution in [0.25, 0.3) is 0 Å². The Balaban J connectivity index is 1.34. The van der Waals surface area contributed by atoms with Gasteiger partial charge in [-0.15, -0.1) is 0 Å². The lowest BCUT2D eigenvalue weighted by Gasteiger charge is -2.24. The summed E-state index contributed by atoms with van der Waals surface area (Å²) >= 11 is 0. The third-order valence-electron chi connectivity index (χ3n) is 6.35. The van der Waals surface area contributed by atoms with Gasteiger partial charge < -0.3 is 5.11 Å². The maximum Gasteiger partial charge on any atom is 0.0576 e. The van der Waals surface area contributed by atoms with Gasteiger partial charge in [-0.2, -0.15) is 0 Å². The Hall–Kier alpha value is -0.0400. The van der Waals surface area contributed by atoms with Gasteiger partial charge in [-0.25, -0.2) is 0 Å². The minimum Gasteiger partial charge on any atom is -0.393 e. The fourth-order valence-electron chi connectivity index (χ4n) is 5.58. The predicted molar refractivity (Wildman–Crippen MR) is 63.9 cm³/mol. The minimum absolute atomic E-state index is 0.0691. The van der Waals surface area contributed by atoms with E-state index in [4.69, 9.17) is 0 Å².